The van der Waals surface area contributed by atoms with Crippen molar-refractivity contribution in [1.82, 2.24) is 14.6 Å². The summed E-state index contributed by atoms with van der Waals surface area (Å²) < 4.78 is 72.8. The summed E-state index contributed by atoms with van der Waals surface area (Å²) in [6.07, 6.45) is -4.13. The maximum absolute atomic E-state index is 13.8. The number of anilines is 1. The second-order valence-electron chi connectivity index (χ2n) is 7.78. The molecule has 0 bridgehead atoms. The van der Waals surface area contributed by atoms with Crippen LogP contribution in [0.15, 0.2) is 70.2 Å². The van der Waals surface area contributed by atoms with Crippen molar-refractivity contribution < 1.29 is 30.9 Å². The van der Waals surface area contributed by atoms with Crippen LogP contribution in [-0.2, 0) is 22.7 Å². The van der Waals surface area contributed by atoms with E-state index in [9.17, 15) is 26.4 Å². The maximum atomic E-state index is 13.8. The van der Waals surface area contributed by atoms with Gasteiger partial charge in [0.05, 0.1) is 22.0 Å². The highest BCUT2D eigenvalue weighted by atomic mass is 35.5. The average Bonchev–Trinajstić information content (AvgIpc) is 3.30. The van der Waals surface area contributed by atoms with Gasteiger partial charge < -0.3 is 4.52 Å². The van der Waals surface area contributed by atoms with Gasteiger partial charge in [0.15, 0.2) is 17.4 Å². The van der Waals surface area contributed by atoms with Gasteiger partial charge in [-0.1, -0.05) is 47.1 Å². The van der Waals surface area contributed by atoms with Crippen LogP contribution in [0.2, 0.25) is 5.02 Å². The second-order valence-corrected chi connectivity index (χ2v) is 10.0. The van der Waals surface area contributed by atoms with Crippen molar-refractivity contribution in [2.24, 2.45) is 0 Å². The summed E-state index contributed by atoms with van der Waals surface area (Å²) in [6, 6.07) is 13.6. The van der Waals surface area contributed by atoms with Crippen molar-refractivity contribution in [1.29, 1.82) is 0 Å². The number of benzene rings is 2. The van der Waals surface area contributed by atoms with Gasteiger partial charge in [0, 0.05) is 26.2 Å². The molecule has 0 aliphatic carbocycles. The van der Waals surface area contributed by atoms with Crippen LogP contribution in [0.25, 0.3) is 10.8 Å². The minimum Gasteiger partial charge on any atom is -0.359 e. The molecule has 0 aliphatic rings. The monoisotopic (exact) mass is 538 g/mol. The van der Waals surface area contributed by atoms with Crippen LogP contribution in [-0.4, -0.2) is 35.8 Å². The molecule has 2 heterocycles. The van der Waals surface area contributed by atoms with Gasteiger partial charge >= 0.3 is 6.18 Å². The first-order chi connectivity index (χ1) is 16.9. The van der Waals surface area contributed by atoms with Crippen LogP contribution in [0, 0.1) is 0 Å². The lowest BCUT2D eigenvalue weighted by molar-refractivity contribution is -0.137. The molecule has 8 nitrogen and oxygen atoms in total. The molecule has 0 amide bonds. The van der Waals surface area contributed by atoms with Crippen LogP contribution in [0.4, 0.5) is 19.0 Å². The Labute approximate surface area is 208 Å². The minimum absolute atomic E-state index is 0.0126. The van der Waals surface area contributed by atoms with E-state index in [0.29, 0.717) is 17.6 Å². The van der Waals surface area contributed by atoms with Gasteiger partial charge in [0.25, 0.3) is 10.0 Å². The zero-order chi connectivity index (χ0) is 26.3. The molecule has 2 aromatic heterocycles. The molecule has 0 saturated carbocycles. The van der Waals surface area contributed by atoms with Crippen molar-refractivity contribution in [3.05, 3.63) is 82.8 Å². The van der Waals surface area contributed by atoms with E-state index in [1.165, 1.54) is 32.2 Å². The van der Waals surface area contributed by atoms with Crippen molar-refractivity contribution in [2.45, 2.75) is 24.5 Å². The summed E-state index contributed by atoms with van der Waals surface area (Å²) >= 11 is 6.09. The number of pyridine rings is 1. The molecule has 4 aromatic rings. The molecule has 0 radical (unpaired) electrons. The largest absolute Gasteiger partial charge is 0.417 e. The molecule has 2 aromatic carbocycles. The number of hydrogen-bond donors (Lipinski definition) is 0. The fraction of sp³-hybridized carbons (Fsp3) is 0.174. The van der Waals surface area contributed by atoms with E-state index in [1.54, 1.807) is 18.2 Å². The molecule has 0 unspecified atom stereocenters. The number of nitrogens with zero attached hydrogens (tertiary/aromatic N) is 4. The fourth-order valence-corrected chi connectivity index (χ4v) is 5.16. The van der Waals surface area contributed by atoms with Gasteiger partial charge in [-0.05, 0) is 29.0 Å². The van der Waals surface area contributed by atoms with Crippen molar-refractivity contribution >= 4 is 44.0 Å². The highest BCUT2D eigenvalue weighted by molar-refractivity contribution is 7.89. The van der Waals surface area contributed by atoms with Crippen LogP contribution >= 0.6 is 11.6 Å². The summed E-state index contributed by atoms with van der Waals surface area (Å²) in [4.78, 5) is 15.3. The van der Waals surface area contributed by atoms with E-state index in [-0.39, 0.29) is 22.2 Å². The van der Waals surface area contributed by atoms with E-state index < -0.39 is 39.1 Å². The van der Waals surface area contributed by atoms with E-state index in [0.717, 1.165) is 14.8 Å². The Balaban J connectivity index is 1.80. The Kier molecular flexibility index (Phi) is 6.78. The number of hydrazine groups is 1. The number of alkyl halides is 3. The third-order valence-corrected chi connectivity index (χ3v) is 7.35. The summed E-state index contributed by atoms with van der Waals surface area (Å²) in [6.45, 7) is 0.814. The van der Waals surface area contributed by atoms with Crippen molar-refractivity contribution in [3.63, 3.8) is 0 Å². The third-order valence-electron chi connectivity index (χ3n) is 5.30. The van der Waals surface area contributed by atoms with Gasteiger partial charge in [-0.2, -0.15) is 13.2 Å². The average molecular weight is 539 g/mol. The Bertz CT molecular complexity index is 1560. The molecule has 0 N–H and O–H groups in total. The zero-order valence-corrected chi connectivity index (χ0v) is 20.4. The standard InChI is InChI=1S/C23H18ClF3N4O4S/c1-14(32)21-11-18(35-29-21)13-31(30(2)22-20(24)10-17(12-28-22)23(25,26)27)36(33,34)19-8-7-15-5-3-4-6-16(15)9-19/h3-12H,13H2,1-2H3. The number of halogens is 4. The molecule has 13 heteroatoms. The van der Waals surface area contributed by atoms with Gasteiger partial charge in [-0.3, -0.25) is 9.80 Å². The maximum Gasteiger partial charge on any atom is 0.417 e. The Morgan fingerprint density at radius 3 is 2.39 bits per heavy atom. The Morgan fingerprint density at radius 1 is 1.08 bits per heavy atom. The summed E-state index contributed by atoms with van der Waals surface area (Å²) in [5.41, 5.74) is -1.10. The number of hydrogen-bond acceptors (Lipinski definition) is 7. The third kappa shape index (κ3) is 5.06. The SMILES string of the molecule is CC(=O)c1cc(CN(N(C)c2ncc(C(F)(F)F)cc2Cl)S(=O)(=O)c2ccc3ccccc3c2)on1. The van der Waals surface area contributed by atoms with Crippen LogP contribution < -0.4 is 5.01 Å². The predicted molar refractivity (Wildman–Crippen MR) is 126 cm³/mol. The molecule has 4 rings (SSSR count). The van der Waals surface area contributed by atoms with E-state index in [1.807, 2.05) is 12.1 Å². The number of ketones is 1. The number of carbonyl (C=O) groups excluding carboxylic acids is 1. The number of Topliss-reactive ketones (excluding diaryl/α,β-unsaturated/α-hetero) is 1. The van der Waals surface area contributed by atoms with Crippen molar-refractivity contribution in [2.75, 3.05) is 12.1 Å². The van der Waals surface area contributed by atoms with Gasteiger partial charge in [0.2, 0.25) is 0 Å². The molecule has 0 fully saturated rings. The van der Waals surface area contributed by atoms with Crippen LogP contribution in [0.5, 0.6) is 0 Å². The smallest absolute Gasteiger partial charge is 0.359 e. The number of fused-ring (bicyclic) bond motifs is 1. The first-order valence-electron chi connectivity index (χ1n) is 10.3. The van der Waals surface area contributed by atoms with E-state index >= 15 is 0 Å². The van der Waals surface area contributed by atoms with Crippen LogP contribution in [0.3, 0.4) is 0 Å². The number of sulfonamides is 1. The number of aromatic nitrogens is 2. The van der Waals surface area contributed by atoms with Gasteiger partial charge in [0.1, 0.15) is 5.69 Å². The van der Waals surface area contributed by atoms with Crippen molar-refractivity contribution in [3.8, 4) is 0 Å². The molecular weight excluding hydrogens is 521 g/mol. The molecule has 0 saturated heterocycles. The van der Waals surface area contributed by atoms with E-state index in [2.05, 4.69) is 10.1 Å². The van der Waals surface area contributed by atoms with E-state index in [4.69, 9.17) is 16.1 Å². The quantitative estimate of drug-likeness (QED) is 0.231. The molecule has 0 aliphatic heterocycles. The topological polar surface area (TPSA) is 96.6 Å². The molecule has 0 atom stereocenters. The fourth-order valence-electron chi connectivity index (χ4n) is 3.42. The summed E-state index contributed by atoms with van der Waals surface area (Å²) in [7, 11) is -3.06. The second kappa shape index (κ2) is 9.52. The molecular formula is C23H18ClF3N4O4S. The minimum atomic E-state index is -4.69. The first kappa shape index (κ1) is 25.6. The lowest BCUT2D eigenvalue weighted by atomic mass is 10.1. The summed E-state index contributed by atoms with van der Waals surface area (Å²) in [5, 5.41) is 5.67. The first-order valence-corrected chi connectivity index (χ1v) is 12.1. The molecule has 188 valence electrons. The lowest BCUT2D eigenvalue weighted by Crippen LogP contribution is -2.44. The Morgan fingerprint density at radius 2 is 1.78 bits per heavy atom. The van der Waals surface area contributed by atoms with Gasteiger partial charge in [-0.25, -0.2) is 13.4 Å². The lowest BCUT2D eigenvalue weighted by Gasteiger charge is -2.31. The van der Waals surface area contributed by atoms with Gasteiger partial charge in [-0.15, -0.1) is 4.41 Å². The van der Waals surface area contributed by atoms with Crippen LogP contribution in [0.1, 0.15) is 28.7 Å². The summed E-state index contributed by atoms with van der Waals surface area (Å²) in [5.74, 6) is -0.630. The highest BCUT2D eigenvalue weighted by Crippen LogP contribution is 2.35. The predicted octanol–water partition coefficient (Wildman–Crippen LogP) is 5.34. The highest BCUT2D eigenvalue weighted by Gasteiger charge is 2.35. The molecule has 0 spiro atoms. The number of rotatable bonds is 7. The normalized spacial score (nSPS) is 12.3. The number of carbonyl (C=O) groups is 1. The zero-order valence-electron chi connectivity index (χ0n) is 18.8. The Hall–Kier alpha value is -3.48. The molecule has 36 heavy (non-hydrogen) atoms.